The quantitative estimate of drug-likeness (QED) is 0.737. The molecule has 9 heteroatoms. The molecule has 1 aromatic rings. The third kappa shape index (κ3) is 3.72. The van der Waals surface area contributed by atoms with Gasteiger partial charge < -0.3 is 26.1 Å². The minimum atomic E-state index is -0.530. The lowest BCUT2D eigenvalue weighted by Gasteiger charge is -2.36. The Morgan fingerprint density at radius 1 is 1.25 bits per heavy atom. The van der Waals surface area contributed by atoms with Gasteiger partial charge in [0.25, 0.3) is 5.56 Å². The van der Waals surface area contributed by atoms with Gasteiger partial charge in [-0.2, -0.15) is 4.68 Å². The molecule has 1 aliphatic heterocycles. The predicted molar refractivity (Wildman–Crippen MR) is 92.5 cm³/mol. The topological polar surface area (TPSA) is 120 Å². The van der Waals surface area contributed by atoms with Gasteiger partial charge in [0.05, 0.1) is 5.69 Å². The van der Waals surface area contributed by atoms with Crippen LogP contribution in [0.1, 0.15) is 33.4 Å². The molecular weight excluding hydrogens is 312 g/mol. The fourth-order valence-electron chi connectivity index (χ4n) is 2.59. The Kier molecular flexibility index (Phi) is 4.91. The monoisotopic (exact) mass is 338 g/mol. The Labute approximate surface area is 141 Å². The van der Waals surface area contributed by atoms with Crippen LogP contribution in [-0.4, -0.2) is 52.4 Å². The molecule has 1 amide bonds. The third-order valence-corrected chi connectivity index (χ3v) is 3.77. The average Bonchev–Trinajstić information content (AvgIpc) is 2.51. The zero-order chi connectivity index (χ0) is 18.1. The van der Waals surface area contributed by atoms with E-state index in [2.05, 4.69) is 4.98 Å². The summed E-state index contributed by atoms with van der Waals surface area (Å²) in [7, 11) is 0. The van der Waals surface area contributed by atoms with Crippen LogP contribution >= 0.6 is 0 Å². The van der Waals surface area contributed by atoms with Crippen molar-refractivity contribution in [1.29, 1.82) is 0 Å². The minimum absolute atomic E-state index is 0.00649. The van der Waals surface area contributed by atoms with Crippen LogP contribution in [0.2, 0.25) is 0 Å². The number of hydrogen-bond acceptors (Lipinski definition) is 7. The first-order chi connectivity index (χ1) is 11.1. The second-order valence-corrected chi connectivity index (χ2v) is 6.75. The summed E-state index contributed by atoms with van der Waals surface area (Å²) in [6.07, 6.45) is 0.228. The normalized spacial score (nSPS) is 15.5. The molecule has 0 saturated carbocycles. The van der Waals surface area contributed by atoms with E-state index < -0.39 is 5.60 Å². The number of rotatable bonds is 2. The van der Waals surface area contributed by atoms with Gasteiger partial charge in [-0.1, -0.05) is 6.92 Å². The number of aryl methyl sites for hydroxylation is 1. The summed E-state index contributed by atoms with van der Waals surface area (Å²) in [5.41, 5.74) is 5.83. The molecule has 1 saturated heterocycles. The highest BCUT2D eigenvalue weighted by atomic mass is 16.6. The number of nitrogens with two attached hydrogens (primary N) is 2. The van der Waals surface area contributed by atoms with E-state index in [4.69, 9.17) is 16.3 Å². The molecule has 0 spiro atoms. The van der Waals surface area contributed by atoms with Gasteiger partial charge in [0.2, 0.25) is 5.95 Å². The second-order valence-electron chi connectivity index (χ2n) is 6.75. The largest absolute Gasteiger partial charge is 0.444 e. The molecule has 2 heterocycles. The van der Waals surface area contributed by atoms with E-state index in [1.165, 1.54) is 0 Å². The van der Waals surface area contributed by atoms with Crippen molar-refractivity contribution >= 4 is 17.7 Å². The Balaban J connectivity index is 2.15. The first kappa shape index (κ1) is 17.9. The van der Waals surface area contributed by atoms with Crippen LogP contribution in [0.3, 0.4) is 0 Å². The Bertz CT molecular complexity index is 671. The highest BCUT2D eigenvalue weighted by molar-refractivity contribution is 5.68. The molecule has 1 fully saturated rings. The van der Waals surface area contributed by atoms with Crippen LogP contribution in [0.5, 0.6) is 0 Å². The molecule has 24 heavy (non-hydrogen) atoms. The second kappa shape index (κ2) is 6.58. The number of anilines is 2. The Hall–Kier alpha value is -2.45. The van der Waals surface area contributed by atoms with Gasteiger partial charge in [-0.05, 0) is 27.2 Å². The van der Waals surface area contributed by atoms with Crippen molar-refractivity contribution < 1.29 is 9.53 Å². The number of carbonyl (C=O) groups excluding carboxylic acids is 1. The van der Waals surface area contributed by atoms with E-state index in [1.807, 2.05) is 32.6 Å². The number of nitrogens with zero attached hydrogens (tertiary/aromatic N) is 4. The van der Waals surface area contributed by atoms with Crippen LogP contribution in [0.25, 0.3) is 0 Å². The minimum Gasteiger partial charge on any atom is -0.444 e. The van der Waals surface area contributed by atoms with Gasteiger partial charge in [0.15, 0.2) is 0 Å². The number of carbonyl (C=O) groups is 1. The Morgan fingerprint density at radius 2 is 1.83 bits per heavy atom. The summed E-state index contributed by atoms with van der Waals surface area (Å²) in [6, 6.07) is 0. The molecule has 0 bridgehead atoms. The van der Waals surface area contributed by atoms with Crippen molar-refractivity contribution in [3.8, 4) is 0 Å². The Morgan fingerprint density at radius 3 is 2.33 bits per heavy atom. The fourth-order valence-corrected chi connectivity index (χ4v) is 2.59. The van der Waals surface area contributed by atoms with Crippen molar-refractivity contribution in [3.05, 3.63) is 16.0 Å². The van der Waals surface area contributed by atoms with Gasteiger partial charge in [-0.15, -0.1) is 0 Å². The average molecular weight is 338 g/mol. The summed E-state index contributed by atoms with van der Waals surface area (Å²) in [6.45, 7) is 9.34. The molecule has 0 aromatic carbocycles. The molecule has 0 aliphatic carbocycles. The summed E-state index contributed by atoms with van der Waals surface area (Å²) < 4.78 is 6.23. The van der Waals surface area contributed by atoms with Crippen LogP contribution in [0.15, 0.2) is 4.79 Å². The molecule has 0 unspecified atom stereocenters. The van der Waals surface area contributed by atoms with Crippen molar-refractivity contribution in [1.82, 2.24) is 14.6 Å². The van der Waals surface area contributed by atoms with Gasteiger partial charge in [-0.25, -0.2) is 9.78 Å². The number of hydrogen-bond donors (Lipinski definition) is 2. The standard InChI is InChI=1S/C15H26N6O3/c1-5-10-11(12(22)21(17)13(16)18-10)19-6-8-20(9-7-19)14(23)24-15(2,3)4/h5-9,17H2,1-4H3,(H2,16,18). The summed E-state index contributed by atoms with van der Waals surface area (Å²) in [5.74, 6) is 5.66. The maximum absolute atomic E-state index is 12.4. The van der Waals surface area contributed by atoms with Gasteiger partial charge in [0.1, 0.15) is 11.3 Å². The zero-order valence-corrected chi connectivity index (χ0v) is 14.7. The van der Waals surface area contributed by atoms with Crippen LogP contribution in [0, 0.1) is 0 Å². The molecule has 1 aliphatic rings. The van der Waals surface area contributed by atoms with E-state index in [1.54, 1.807) is 4.90 Å². The molecule has 2 rings (SSSR count). The number of amides is 1. The van der Waals surface area contributed by atoms with Gasteiger partial charge >= 0.3 is 6.09 Å². The smallest absolute Gasteiger partial charge is 0.410 e. The number of nitrogen functional groups attached to an aromatic ring is 2. The predicted octanol–water partition coefficient (Wildman–Crippen LogP) is 0.159. The van der Waals surface area contributed by atoms with E-state index in [-0.39, 0.29) is 17.6 Å². The molecule has 0 radical (unpaired) electrons. The van der Waals surface area contributed by atoms with Crippen LogP contribution in [-0.2, 0) is 11.2 Å². The fraction of sp³-hybridized carbons (Fsp3) is 0.667. The lowest BCUT2D eigenvalue weighted by molar-refractivity contribution is 0.0240. The van der Waals surface area contributed by atoms with Crippen molar-refractivity contribution in [2.75, 3.05) is 42.7 Å². The maximum atomic E-state index is 12.4. The molecule has 1 aromatic heterocycles. The number of piperazine rings is 1. The third-order valence-electron chi connectivity index (χ3n) is 3.77. The maximum Gasteiger partial charge on any atom is 0.410 e. The van der Waals surface area contributed by atoms with Gasteiger partial charge in [-0.3, -0.25) is 4.79 Å². The van der Waals surface area contributed by atoms with E-state index in [9.17, 15) is 9.59 Å². The lowest BCUT2D eigenvalue weighted by Crippen LogP contribution is -2.52. The summed E-state index contributed by atoms with van der Waals surface area (Å²) in [5, 5.41) is 0. The number of aromatic nitrogens is 2. The van der Waals surface area contributed by atoms with E-state index >= 15 is 0 Å². The zero-order valence-electron chi connectivity index (χ0n) is 14.7. The highest BCUT2D eigenvalue weighted by Gasteiger charge is 2.28. The van der Waals surface area contributed by atoms with Crippen LogP contribution in [0.4, 0.5) is 16.4 Å². The molecule has 9 nitrogen and oxygen atoms in total. The summed E-state index contributed by atoms with van der Waals surface area (Å²) >= 11 is 0. The lowest BCUT2D eigenvalue weighted by atomic mass is 10.2. The first-order valence-electron chi connectivity index (χ1n) is 8.03. The summed E-state index contributed by atoms with van der Waals surface area (Å²) in [4.78, 5) is 32.3. The SMILES string of the molecule is CCc1nc(N)n(N)c(=O)c1N1CCN(C(=O)OC(C)(C)C)CC1. The van der Waals surface area contributed by atoms with Gasteiger partial charge in [0, 0.05) is 26.2 Å². The molecular formula is C15H26N6O3. The van der Waals surface area contributed by atoms with E-state index in [0.29, 0.717) is 44.0 Å². The van der Waals surface area contributed by atoms with E-state index in [0.717, 1.165) is 4.68 Å². The van der Waals surface area contributed by atoms with Crippen molar-refractivity contribution in [2.24, 2.45) is 0 Å². The molecule has 0 atom stereocenters. The molecule has 134 valence electrons. The van der Waals surface area contributed by atoms with Crippen molar-refractivity contribution in [3.63, 3.8) is 0 Å². The highest BCUT2D eigenvalue weighted by Crippen LogP contribution is 2.19. The van der Waals surface area contributed by atoms with Crippen molar-refractivity contribution in [2.45, 2.75) is 39.7 Å². The molecule has 4 N–H and O–H groups in total. The number of ether oxygens (including phenoxy) is 1. The first-order valence-corrected chi connectivity index (χ1v) is 8.03. The van der Waals surface area contributed by atoms with Crippen LogP contribution < -0.4 is 22.0 Å².